The van der Waals surface area contributed by atoms with Crippen molar-refractivity contribution in [3.05, 3.63) is 66.0 Å². The molecule has 4 rings (SSSR count). The smallest absolute Gasteiger partial charge is 0.230 e. The fraction of sp³-hybridized carbons (Fsp3) is 0.517. The first-order chi connectivity index (χ1) is 17.4. The molecule has 2 saturated heterocycles. The molecule has 1 atom stereocenters. The summed E-state index contributed by atoms with van der Waals surface area (Å²) in [5.41, 5.74) is 0.687. The molecule has 6 nitrogen and oxygen atoms in total. The average molecular weight is 496 g/mol. The number of carbonyl (C=O) groups is 2. The van der Waals surface area contributed by atoms with Crippen molar-refractivity contribution >= 4 is 11.8 Å². The van der Waals surface area contributed by atoms with Crippen LogP contribution in [0.3, 0.4) is 0 Å². The highest BCUT2D eigenvalue weighted by atomic mass is 19.1. The Morgan fingerprint density at radius 1 is 0.917 bits per heavy atom. The molecule has 2 aromatic carbocycles. The van der Waals surface area contributed by atoms with Crippen molar-refractivity contribution in [3.63, 3.8) is 0 Å². The van der Waals surface area contributed by atoms with Gasteiger partial charge in [0, 0.05) is 51.1 Å². The van der Waals surface area contributed by atoms with Crippen LogP contribution >= 0.6 is 0 Å². The van der Waals surface area contributed by atoms with E-state index in [1.54, 1.807) is 12.1 Å². The number of likely N-dealkylation sites (tertiary alicyclic amines) is 1. The number of piperazine rings is 1. The number of nitrogens with zero attached hydrogens (tertiary/aromatic N) is 3. The van der Waals surface area contributed by atoms with Crippen molar-refractivity contribution in [2.24, 2.45) is 5.41 Å². The number of rotatable bonds is 8. The maximum Gasteiger partial charge on any atom is 0.230 e. The molecule has 1 unspecified atom stereocenters. The van der Waals surface area contributed by atoms with E-state index in [1.165, 1.54) is 12.1 Å². The zero-order valence-electron chi connectivity index (χ0n) is 21.5. The minimum absolute atomic E-state index is 0.152. The SMILES string of the molecule is CCC(C(=O)N1CCC(COc2ccc(F)cc2)(CC(=O)N2CCN(C)CC2)CC1)c1ccccc1. The lowest BCUT2D eigenvalue weighted by Crippen LogP contribution is -2.51. The maximum atomic E-state index is 13.4. The maximum absolute atomic E-state index is 13.4. The number of halogens is 1. The molecule has 0 aromatic heterocycles. The van der Waals surface area contributed by atoms with Crippen LogP contribution in [0.2, 0.25) is 0 Å². The molecule has 0 spiro atoms. The van der Waals surface area contributed by atoms with E-state index >= 15 is 0 Å². The van der Waals surface area contributed by atoms with Crippen LogP contribution in [0.1, 0.15) is 44.1 Å². The standard InChI is InChI=1S/C29H38FN3O3/c1-3-26(23-7-5-4-6-8-23)28(35)33-15-13-29(14-16-33,22-36-25-11-9-24(30)10-12-25)21-27(34)32-19-17-31(2)18-20-32/h4-12,26H,3,13-22H2,1-2H3. The van der Waals surface area contributed by atoms with Crippen LogP contribution in [0.15, 0.2) is 54.6 Å². The second-order valence-electron chi connectivity index (χ2n) is 10.3. The number of carbonyl (C=O) groups excluding carboxylic acids is 2. The van der Waals surface area contributed by atoms with Crippen molar-refractivity contribution in [1.29, 1.82) is 0 Å². The summed E-state index contributed by atoms with van der Waals surface area (Å²) in [4.78, 5) is 32.9. The zero-order valence-corrected chi connectivity index (χ0v) is 21.5. The van der Waals surface area contributed by atoms with Gasteiger partial charge in [-0.1, -0.05) is 37.3 Å². The Morgan fingerprint density at radius 3 is 2.17 bits per heavy atom. The molecule has 0 N–H and O–H groups in total. The number of ether oxygens (including phenoxy) is 1. The number of benzene rings is 2. The molecule has 2 aliphatic rings. The van der Waals surface area contributed by atoms with E-state index in [1.807, 2.05) is 40.1 Å². The molecule has 2 aromatic rings. The van der Waals surface area contributed by atoms with Crippen molar-refractivity contribution in [3.8, 4) is 5.75 Å². The van der Waals surface area contributed by atoms with Crippen molar-refractivity contribution in [2.45, 2.75) is 38.5 Å². The van der Waals surface area contributed by atoms with Gasteiger partial charge in [0.2, 0.25) is 11.8 Å². The quantitative estimate of drug-likeness (QED) is 0.552. The lowest BCUT2D eigenvalue weighted by atomic mass is 9.75. The highest BCUT2D eigenvalue weighted by Crippen LogP contribution is 2.38. The van der Waals surface area contributed by atoms with Gasteiger partial charge in [0.05, 0.1) is 12.5 Å². The summed E-state index contributed by atoms with van der Waals surface area (Å²) in [5.74, 6) is 0.444. The molecule has 36 heavy (non-hydrogen) atoms. The van der Waals surface area contributed by atoms with Gasteiger partial charge >= 0.3 is 0 Å². The fourth-order valence-electron chi connectivity index (χ4n) is 5.29. The first-order valence-electron chi connectivity index (χ1n) is 13.1. The van der Waals surface area contributed by atoms with Crippen LogP contribution in [0.4, 0.5) is 4.39 Å². The van der Waals surface area contributed by atoms with Gasteiger partial charge in [0.1, 0.15) is 11.6 Å². The third kappa shape index (κ3) is 6.44. The first kappa shape index (κ1) is 26.1. The number of hydrogen-bond donors (Lipinski definition) is 0. The van der Waals surface area contributed by atoms with E-state index in [2.05, 4.69) is 18.9 Å². The molecular formula is C29H38FN3O3. The Labute approximate surface area is 214 Å². The van der Waals surface area contributed by atoms with Crippen LogP contribution in [0.25, 0.3) is 0 Å². The Balaban J connectivity index is 1.44. The van der Waals surface area contributed by atoms with Crippen molar-refractivity contribution < 1.29 is 18.7 Å². The van der Waals surface area contributed by atoms with Crippen LogP contribution in [0, 0.1) is 11.2 Å². The van der Waals surface area contributed by atoms with Gasteiger partial charge in [0.15, 0.2) is 0 Å². The van der Waals surface area contributed by atoms with E-state index in [0.717, 1.165) is 38.2 Å². The van der Waals surface area contributed by atoms with E-state index in [-0.39, 0.29) is 29.0 Å². The second kappa shape index (κ2) is 11.9. The summed E-state index contributed by atoms with van der Waals surface area (Å²) < 4.78 is 19.4. The zero-order chi connectivity index (χ0) is 25.5. The summed E-state index contributed by atoms with van der Waals surface area (Å²) in [6, 6.07) is 16.0. The van der Waals surface area contributed by atoms with Gasteiger partial charge in [-0.2, -0.15) is 0 Å². The summed E-state index contributed by atoms with van der Waals surface area (Å²) in [6.45, 7) is 6.87. The molecule has 0 aliphatic carbocycles. The largest absolute Gasteiger partial charge is 0.493 e. The third-order valence-corrected chi connectivity index (χ3v) is 7.78. The number of likely N-dealkylation sites (N-methyl/N-ethyl adjacent to an activating group) is 1. The fourth-order valence-corrected chi connectivity index (χ4v) is 5.29. The molecule has 2 aliphatic heterocycles. The minimum Gasteiger partial charge on any atom is -0.493 e. The Bertz CT molecular complexity index is 998. The summed E-state index contributed by atoms with van der Waals surface area (Å²) in [7, 11) is 2.07. The second-order valence-corrected chi connectivity index (χ2v) is 10.3. The minimum atomic E-state index is -0.361. The van der Waals surface area contributed by atoms with E-state index in [4.69, 9.17) is 4.74 Å². The monoisotopic (exact) mass is 495 g/mol. The molecule has 2 amide bonds. The van der Waals surface area contributed by atoms with Gasteiger partial charge < -0.3 is 19.4 Å². The summed E-state index contributed by atoms with van der Waals surface area (Å²) in [5, 5.41) is 0. The van der Waals surface area contributed by atoms with Crippen LogP contribution in [-0.4, -0.2) is 79.4 Å². The topological polar surface area (TPSA) is 53.1 Å². The Hall–Kier alpha value is -2.93. The molecule has 2 fully saturated rings. The molecule has 194 valence electrons. The number of hydrogen-bond acceptors (Lipinski definition) is 4. The lowest BCUT2D eigenvalue weighted by Gasteiger charge is -2.43. The number of piperidine rings is 1. The normalized spacial score (nSPS) is 19.1. The van der Waals surface area contributed by atoms with Gasteiger partial charge in [-0.05, 0) is 56.1 Å². The van der Waals surface area contributed by atoms with Gasteiger partial charge in [-0.3, -0.25) is 9.59 Å². The van der Waals surface area contributed by atoms with E-state index in [0.29, 0.717) is 44.7 Å². The van der Waals surface area contributed by atoms with E-state index < -0.39 is 0 Å². The van der Waals surface area contributed by atoms with Gasteiger partial charge in [-0.15, -0.1) is 0 Å². The molecular weight excluding hydrogens is 457 g/mol. The van der Waals surface area contributed by atoms with Gasteiger partial charge in [0.25, 0.3) is 0 Å². The predicted molar refractivity (Wildman–Crippen MR) is 138 cm³/mol. The van der Waals surface area contributed by atoms with Crippen molar-refractivity contribution in [1.82, 2.24) is 14.7 Å². The molecule has 0 radical (unpaired) electrons. The van der Waals surface area contributed by atoms with Crippen LogP contribution in [-0.2, 0) is 9.59 Å². The highest BCUT2D eigenvalue weighted by molar-refractivity contribution is 5.84. The first-order valence-corrected chi connectivity index (χ1v) is 13.1. The number of amides is 2. The molecule has 2 heterocycles. The van der Waals surface area contributed by atoms with E-state index in [9.17, 15) is 14.0 Å². The Kier molecular flexibility index (Phi) is 8.62. The summed E-state index contributed by atoms with van der Waals surface area (Å²) in [6.07, 6.45) is 2.55. The highest BCUT2D eigenvalue weighted by Gasteiger charge is 2.41. The third-order valence-electron chi connectivity index (χ3n) is 7.78. The Morgan fingerprint density at radius 2 is 1.56 bits per heavy atom. The van der Waals surface area contributed by atoms with Crippen molar-refractivity contribution in [2.75, 3.05) is 52.9 Å². The lowest BCUT2D eigenvalue weighted by molar-refractivity contribution is -0.139. The summed E-state index contributed by atoms with van der Waals surface area (Å²) >= 11 is 0. The molecule has 7 heteroatoms. The predicted octanol–water partition coefficient (Wildman–Crippen LogP) is 4.17. The van der Waals surface area contributed by atoms with Gasteiger partial charge in [-0.25, -0.2) is 4.39 Å². The molecule has 0 saturated carbocycles. The van der Waals surface area contributed by atoms with Crippen LogP contribution in [0.5, 0.6) is 5.75 Å². The molecule has 0 bridgehead atoms. The van der Waals surface area contributed by atoms with Crippen LogP contribution < -0.4 is 4.74 Å². The average Bonchev–Trinajstić information content (AvgIpc) is 2.90.